The maximum Gasteiger partial charge on any atom is 0.341 e. The average molecular weight is 302 g/mol. The molecule has 2 atom stereocenters. The first kappa shape index (κ1) is 14.9. The number of methoxy groups -OCH3 is 1. The lowest BCUT2D eigenvalue weighted by Gasteiger charge is -2.43. The van der Waals surface area contributed by atoms with Gasteiger partial charge in [0.15, 0.2) is 0 Å². The second kappa shape index (κ2) is 5.65. The zero-order valence-corrected chi connectivity index (χ0v) is 13.5. The van der Waals surface area contributed by atoms with Gasteiger partial charge in [-0.15, -0.1) is 0 Å². The fraction of sp³-hybridized carbons (Fsp3) is 0.471. The molecule has 5 nitrogen and oxygen atoms in total. The molecule has 1 aromatic carbocycles. The number of benzene rings is 1. The van der Waals surface area contributed by atoms with Gasteiger partial charge in [0.05, 0.1) is 7.11 Å². The van der Waals surface area contributed by atoms with E-state index in [9.17, 15) is 4.79 Å². The molecule has 0 saturated carbocycles. The maximum atomic E-state index is 11.8. The van der Waals surface area contributed by atoms with Gasteiger partial charge in [0.25, 0.3) is 0 Å². The number of furan rings is 1. The molecule has 22 heavy (non-hydrogen) atoms. The number of hydrogen-bond donors (Lipinski definition) is 0. The number of anilines is 1. The number of nitrogens with zero attached hydrogens (tertiary/aromatic N) is 2. The molecular weight excluding hydrogens is 280 g/mol. The third kappa shape index (κ3) is 2.46. The number of likely N-dealkylation sites (N-methyl/N-ethyl adjacent to an activating group) is 1. The van der Waals surface area contributed by atoms with Crippen molar-refractivity contribution in [2.24, 2.45) is 0 Å². The fourth-order valence-electron chi connectivity index (χ4n) is 3.10. The average Bonchev–Trinajstić information content (AvgIpc) is 2.94. The molecule has 0 bridgehead atoms. The molecule has 2 aromatic rings. The summed E-state index contributed by atoms with van der Waals surface area (Å²) in [4.78, 5) is 16.6. The van der Waals surface area contributed by atoms with Crippen LogP contribution in [0.4, 0.5) is 5.69 Å². The van der Waals surface area contributed by atoms with Gasteiger partial charge in [0.2, 0.25) is 0 Å². The summed E-state index contributed by atoms with van der Waals surface area (Å²) in [5.74, 6) is -0.365. The van der Waals surface area contributed by atoms with Crippen molar-refractivity contribution in [2.45, 2.75) is 25.9 Å². The summed E-state index contributed by atoms with van der Waals surface area (Å²) in [6.07, 6.45) is 1.47. The van der Waals surface area contributed by atoms with Gasteiger partial charge in [-0.1, -0.05) is 0 Å². The predicted molar refractivity (Wildman–Crippen MR) is 86.5 cm³/mol. The van der Waals surface area contributed by atoms with E-state index in [4.69, 9.17) is 9.15 Å². The molecule has 1 fully saturated rings. The Morgan fingerprint density at radius 2 is 1.95 bits per heavy atom. The Balaban J connectivity index is 1.96. The number of fused-ring (bicyclic) bond motifs is 1. The number of rotatable bonds is 2. The first-order chi connectivity index (χ1) is 10.5. The van der Waals surface area contributed by atoms with Crippen LogP contribution in [0.25, 0.3) is 11.0 Å². The summed E-state index contributed by atoms with van der Waals surface area (Å²) in [5, 5.41) is 0.809. The monoisotopic (exact) mass is 302 g/mol. The summed E-state index contributed by atoms with van der Waals surface area (Å²) in [6, 6.07) is 6.98. The van der Waals surface area contributed by atoms with Crippen LogP contribution < -0.4 is 4.90 Å². The topological polar surface area (TPSA) is 45.9 Å². The van der Waals surface area contributed by atoms with Gasteiger partial charge in [0.1, 0.15) is 17.4 Å². The van der Waals surface area contributed by atoms with Gasteiger partial charge in [-0.3, -0.25) is 4.90 Å². The van der Waals surface area contributed by atoms with Crippen LogP contribution in [0.1, 0.15) is 24.2 Å². The lowest BCUT2D eigenvalue weighted by atomic mass is 10.1. The minimum atomic E-state index is -0.365. The smallest absolute Gasteiger partial charge is 0.341 e. The highest BCUT2D eigenvalue weighted by Crippen LogP contribution is 2.29. The minimum absolute atomic E-state index is 0.365. The summed E-state index contributed by atoms with van der Waals surface area (Å²) in [5.41, 5.74) is 2.31. The number of esters is 1. The number of hydrogen-bond acceptors (Lipinski definition) is 5. The molecule has 5 heteroatoms. The van der Waals surface area contributed by atoms with Crippen molar-refractivity contribution >= 4 is 22.6 Å². The van der Waals surface area contributed by atoms with E-state index in [2.05, 4.69) is 36.8 Å². The Labute approximate surface area is 130 Å². The Bertz CT molecular complexity index is 682. The van der Waals surface area contributed by atoms with Crippen LogP contribution in [-0.4, -0.2) is 50.2 Å². The van der Waals surface area contributed by atoms with Crippen molar-refractivity contribution in [3.05, 3.63) is 30.0 Å². The summed E-state index contributed by atoms with van der Waals surface area (Å²) in [6.45, 7) is 6.41. The van der Waals surface area contributed by atoms with Crippen molar-refractivity contribution in [3.8, 4) is 0 Å². The molecule has 1 aliphatic heterocycles. The van der Waals surface area contributed by atoms with Gasteiger partial charge < -0.3 is 14.1 Å². The third-order valence-corrected chi connectivity index (χ3v) is 4.69. The highest BCUT2D eigenvalue weighted by atomic mass is 16.5. The highest BCUT2D eigenvalue weighted by Gasteiger charge is 2.27. The van der Waals surface area contributed by atoms with E-state index in [1.54, 1.807) is 0 Å². The molecule has 0 amide bonds. The van der Waals surface area contributed by atoms with Gasteiger partial charge >= 0.3 is 5.97 Å². The lowest BCUT2D eigenvalue weighted by molar-refractivity contribution is 0.0602. The van der Waals surface area contributed by atoms with Gasteiger partial charge in [-0.25, -0.2) is 4.79 Å². The van der Waals surface area contributed by atoms with Gasteiger partial charge in [-0.05, 0) is 39.1 Å². The number of ether oxygens (including phenoxy) is 1. The molecule has 1 aromatic heterocycles. The van der Waals surface area contributed by atoms with E-state index < -0.39 is 0 Å². The highest BCUT2D eigenvalue weighted by molar-refractivity contribution is 6.04. The molecule has 0 N–H and O–H groups in total. The summed E-state index contributed by atoms with van der Waals surface area (Å²) in [7, 11) is 3.55. The van der Waals surface area contributed by atoms with Crippen LogP contribution >= 0.6 is 0 Å². The quantitative estimate of drug-likeness (QED) is 0.798. The minimum Gasteiger partial charge on any atom is -0.465 e. The molecule has 118 valence electrons. The maximum absolute atomic E-state index is 11.8. The SMILES string of the molecule is COC(=O)c1coc2ccc(N3CC(C)N(C)C(C)C3)cc12. The Morgan fingerprint density at radius 1 is 1.27 bits per heavy atom. The second-order valence-electron chi connectivity index (χ2n) is 6.09. The van der Waals surface area contributed by atoms with Gasteiger partial charge in [0, 0.05) is 36.2 Å². The largest absolute Gasteiger partial charge is 0.465 e. The Kier molecular flexibility index (Phi) is 3.83. The summed E-state index contributed by atoms with van der Waals surface area (Å²) < 4.78 is 10.3. The standard InChI is InChI=1S/C17H22N2O3/c1-11-8-19(9-12(2)18(11)3)13-5-6-16-14(7-13)15(10-22-16)17(20)21-4/h5-7,10-12H,8-9H2,1-4H3. The zero-order valence-electron chi connectivity index (χ0n) is 13.5. The second-order valence-corrected chi connectivity index (χ2v) is 6.09. The first-order valence-electron chi connectivity index (χ1n) is 7.57. The molecule has 2 unspecified atom stereocenters. The Morgan fingerprint density at radius 3 is 2.59 bits per heavy atom. The molecule has 0 spiro atoms. The van der Waals surface area contributed by atoms with Crippen molar-refractivity contribution in [1.29, 1.82) is 0 Å². The lowest BCUT2D eigenvalue weighted by Crippen LogP contribution is -2.55. The third-order valence-electron chi connectivity index (χ3n) is 4.69. The van der Waals surface area contributed by atoms with Crippen molar-refractivity contribution in [2.75, 3.05) is 32.1 Å². The van der Waals surface area contributed by atoms with E-state index in [1.807, 2.05) is 12.1 Å². The van der Waals surface area contributed by atoms with Crippen LogP contribution in [0.15, 0.2) is 28.9 Å². The van der Waals surface area contributed by atoms with Crippen LogP contribution in [0.5, 0.6) is 0 Å². The van der Waals surface area contributed by atoms with Crippen molar-refractivity contribution < 1.29 is 13.9 Å². The van der Waals surface area contributed by atoms with Crippen molar-refractivity contribution in [1.82, 2.24) is 4.90 Å². The van der Waals surface area contributed by atoms with E-state index >= 15 is 0 Å². The van der Waals surface area contributed by atoms with Crippen molar-refractivity contribution in [3.63, 3.8) is 0 Å². The van der Waals surface area contributed by atoms with Crippen LogP contribution in [0.2, 0.25) is 0 Å². The number of carbonyl (C=O) groups excluding carboxylic acids is 1. The summed E-state index contributed by atoms with van der Waals surface area (Å²) >= 11 is 0. The van der Waals surface area contributed by atoms with E-state index in [0.717, 1.165) is 24.2 Å². The molecule has 3 rings (SSSR count). The molecule has 0 aliphatic carbocycles. The van der Waals surface area contributed by atoms with E-state index in [1.165, 1.54) is 13.4 Å². The molecule has 2 heterocycles. The van der Waals surface area contributed by atoms with Crippen LogP contribution in [-0.2, 0) is 4.74 Å². The predicted octanol–water partition coefficient (Wildman–Crippen LogP) is 2.75. The first-order valence-corrected chi connectivity index (χ1v) is 7.57. The van der Waals surface area contributed by atoms with E-state index in [-0.39, 0.29) is 5.97 Å². The van der Waals surface area contributed by atoms with Crippen LogP contribution in [0, 0.1) is 0 Å². The molecule has 0 radical (unpaired) electrons. The fourth-order valence-corrected chi connectivity index (χ4v) is 3.10. The Hall–Kier alpha value is -2.01. The van der Waals surface area contributed by atoms with E-state index in [0.29, 0.717) is 23.2 Å². The molecular formula is C17H22N2O3. The number of carbonyl (C=O) groups is 1. The normalized spacial score (nSPS) is 23.0. The zero-order chi connectivity index (χ0) is 15.9. The molecule has 1 saturated heterocycles. The molecule has 1 aliphatic rings. The number of piperazine rings is 1. The van der Waals surface area contributed by atoms with Gasteiger partial charge in [-0.2, -0.15) is 0 Å². The van der Waals surface area contributed by atoms with Crippen LogP contribution in [0.3, 0.4) is 0 Å².